The molecule has 0 saturated heterocycles. The normalized spacial score (nSPS) is 11.2. The number of carbonyl (C=O) groups is 1. The molecule has 1 unspecified atom stereocenters. The van der Waals surface area contributed by atoms with E-state index in [0.29, 0.717) is 19.6 Å². The number of ether oxygens (including phenoxy) is 1. The van der Waals surface area contributed by atoms with Crippen LogP contribution in [0.25, 0.3) is 0 Å². The van der Waals surface area contributed by atoms with Crippen LogP contribution < -0.4 is 15.4 Å². The zero-order valence-electron chi connectivity index (χ0n) is 10.8. The van der Waals surface area contributed by atoms with Crippen molar-refractivity contribution in [3.63, 3.8) is 0 Å². The first-order valence-corrected chi connectivity index (χ1v) is 5.84. The van der Waals surface area contributed by atoms with Gasteiger partial charge in [-0.1, -0.05) is 18.2 Å². The second kappa shape index (κ2) is 9.74. The van der Waals surface area contributed by atoms with E-state index in [9.17, 15) is 4.79 Å². The summed E-state index contributed by atoms with van der Waals surface area (Å²) in [6.07, 6.45) is 0.380. The van der Waals surface area contributed by atoms with Crippen LogP contribution in [0.3, 0.4) is 0 Å². The van der Waals surface area contributed by atoms with E-state index < -0.39 is 0 Å². The van der Waals surface area contributed by atoms with E-state index in [4.69, 9.17) is 4.74 Å². The minimum Gasteiger partial charge on any atom is -0.493 e. The van der Waals surface area contributed by atoms with Crippen LogP contribution in [0.15, 0.2) is 30.3 Å². The molecule has 102 valence electrons. The van der Waals surface area contributed by atoms with E-state index in [2.05, 4.69) is 10.6 Å². The Kier molecular flexibility index (Phi) is 9.06. The maximum Gasteiger partial charge on any atom is 0.223 e. The lowest BCUT2D eigenvalue weighted by molar-refractivity contribution is -0.121. The lowest BCUT2D eigenvalue weighted by Gasteiger charge is -2.11. The van der Waals surface area contributed by atoms with Crippen LogP contribution in [0.4, 0.5) is 0 Å². The Morgan fingerprint density at radius 3 is 2.61 bits per heavy atom. The maximum absolute atomic E-state index is 11.4. The zero-order valence-corrected chi connectivity index (χ0v) is 11.6. The van der Waals surface area contributed by atoms with Gasteiger partial charge < -0.3 is 15.4 Å². The third-order valence-electron chi connectivity index (χ3n) is 2.44. The summed E-state index contributed by atoms with van der Waals surface area (Å²) in [7, 11) is 1.87. The molecule has 5 heteroatoms. The number of rotatable bonds is 7. The number of carbonyl (C=O) groups excluding carboxylic acids is 1. The predicted molar refractivity (Wildman–Crippen MR) is 75.3 cm³/mol. The van der Waals surface area contributed by atoms with Crippen molar-refractivity contribution < 1.29 is 9.53 Å². The number of benzene rings is 1. The fraction of sp³-hybridized carbons (Fsp3) is 0.462. The number of amides is 1. The minimum atomic E-state index is 0. The SMILES string of the molecule is CNC(C)CNC(=O)CCOc1ccccc1.Cl. The number of para-hydroxylation sites is 1. The topological polar surface area (TPSA) is 50.4 Å². The Morgan fingerprint density at radius 1 is 1.33 bits per heavy atom. The summed E-state index contributed by atoms with van der Waals surface area (Å²) < 4.78 is 5.43. The van der Waals surface area contributed by atoms with Gasteiger partial charge in [0, 0.05) is 12.6 Å². The maximum atomic E-state index is 11.4. The first-order valence-electron chi connectivity index (χ1n) is 5.84. The van der Waals surface area contributed by atoms with Crippen LogP contribution in [0.1, 0.15) is 13.3 Å². The van der Waals surface area contributed by atoms with Gasteiger partial charge in [0.1, 0.15) is 5.75 Å². The molecule has 0 aromatic heterocycles. The molecular formula is C13H21ClN2O2. The standard InChI is InChI=1S/C13H20N2O2.ClH/c1-11(14-2)10-15-13(16)8-9-17-12-6-4-3-5-7-12;/h3-7,11,14H,8-10H2,1-2H3,(H,15,16);1H. The molecule has 1 atom stereocenters. The molecule has 0 spiro atoms. The Bertz CT molecular complexity index is 333. The van der Waals surface area contributed by atoms with Gasteiger partial charge in [-0.15, -0.1) is 12.4 Å². The third kappa shape index (κ3) is 7.14. The van der Waals surface area contributed by atoms with Crippen LogP contribution in [0, 0.1) is 0 Å². The molecule has 1 rings (SSSR count). The van der Waals surface area contributed by atoms with Gasteiger partial charge in [0.25, 0.3) is 0 Å². The number of hydrogen-bond acceptors (Lipinski definition) is 3. The van der Waals surface area contributed by atoms with Crippen LogP contribution in [-0.4, -0.2) is 32.1 Å². The van der Waals surface area contributed by atoms with E-state index in [0.717, 1.165) is 5.75 Å². The molecule has 0 radical (unpaired) electrons. The second-order valence-corrected chi connectivity index (χ2v) is 3.91. The molecule has 4 nitrogen and oxygen atoms in total. The van der Waals surface area contributed by atoms with Gasteiger partial charge in [0.05, 0.1) is 13.0 Å². The second-order valence-electron chi connectivity index (χ2n) is 3.91. The monoisotopic (exact) mass is 272 g/mol. The molecular weight excluding hydrogens is 252 g/mol. The van der Waals surface area contributed by atoms with Gasteiger partial charge in [-0.05, 0) is 26.1 Å². The van der Waals surface area contributed by atoms with Gasteiger partial charge in [-0.25, -0.2) is 0 Å². The van der Waals surface area contributed by atoms with Crippen molar-refractivity contribution >= 4 is 18.3 Å². The van der Waals surface area contributed by atoms with Crippen molar-refractivity contribution in [2.45, 2.75) is 19.4 Å². The van der Waals surface area contributed by atoms with Gasteiger partial charge in [-0.2, -0.15) is 0 Å². The summed E-state index contributed by atoms with van der Waals surface area (Å²) >= 11 is 0. The van der Waals surface area contributed by atoms with E-state index >= 15 is 0 Å². The summed E-state index contributed by atoms with van der Waals surface area (Å²) in [5.41, 5.74) is 0. The minimum absolute atomic E-state index is 0. The Hall–Kier alpha value is -1.26. The molecule has 2 N–H and O–H groups in total. The van der Waals surface area contributed by atoms with Crippen molar-refractivity contribution in [2.75, 3.05) is 20.2 Å². The molecule has 0 heterocycles. The number of likely N-dealkylation sites (N-methyl/N-ethyl adjacent to an activating group) is 1. The number of nitrogens with one attached hydrogen (secondary N) is 2. The molecule has 18 heavy (non-hydrogen) atoms. The Labute approximate surface area is 115 Å². The molecule has 1 aromatic rings. The summed E-state index contributed by atoms with van der Waals surface area (Å²) in [6.45, 7) is 3.06. The third-order valence-corrected chi connectivity index (χ3v) is 2.44. The molecule has 0 bridgehead atoms. The van der Waals surface area contributed by atoms with Crippen LogP contribution in [-0.2, 0) is 4.79 Å². The van der Waals surface area contributed by atoms with E-state index in [-0.39, 0.29) is 24.4 Å². The highest BCUT2D eigenvalue weighted by Gasteiger charge is 2.03. The molecule has 1 amide bonds. The van der Waals surface area contributed by atoms with Crippen LogP contribution >= 0.6 is 12.4 Å². The predicted octanol–water partition coefficient (Wildman–Crippen LogP) is 1.60. The number of hydrogen-bond donors (Lipinski definition) is 2. The van der Waals surface area contributed by atoms with E-state index in [1.165, 1.54) is 0 Å². The highest BCUT2D eigenvalue weighted by Crippen LogP contribution is 2.08. The molecule has 0 fully saturated rings. The van der Waals surface area contributed by atoms with E-state index in [1.54, 1.807) is 0 Å². The summed E-state index contributed by atoms with van der Waals surface area (Å²) in [6, 6.07) is 9.78. The van der Waals surface area contributed by atoms with Crippen LogP contribution in [0.5, 0.6) is 5.75 Å². The average molecular weight is 273 g/mol. The summed E-state index contributed by atoms with van der Waals surface area (Å²) in [5, 5.41) is 5.89. The van der Waals surface area contributed by atoms with Crippen LogP contribution in [0.2, 0.25) is 0 Å². The fourth-order valence-corrected chi connectivity index (χ4v) is 1.24. The van der Waals surface area contributed by atoms with Crippen molar-refractivity contribution in [1.82, 2.24) is 10.6 Å². The molecule has 1 aromatic carbocycles. The first-order chi connectivity index (χ1) is 8.22. The zero-order chi connectivity index (χ0) is 12.5. The largest absolute Gasteiger partial charge is 0.493 e. The molecule has 0 aliphatic rings. The van der Waals surface area contributed by atoms with Crippen molar-refractivity contribution in [3.05, 3.63) is 30.3 Å². The quantitative estimate of drug-likeness (QED) is 0.793. The molecule has 0 aliphatic carbocycles. The smallest absolute Gasteiger partial charge is 0.223 e. The van der Waals surface area contributed by atoms with Crippen molar-refractivity contribution in [1.29, 1.82) is 0 Å². The van der Waals surface area contributed by atoms with Gasteiger partial charge in [0.2, 0.25) is 5.91 Å². The molecule has 0 saturated carbocycles. The van der Waals surface area contributed by atoms with Gasteiger partial charge in [0.15, 0.2) is 0 Å². The van der Waals surface area contributed by atoms with E-state index in [1.807, 2.05) is 44.3 Å². The van der Waals surface area contributed by atoms with Gasteiger partial charge >= 0.3 is 0 Å². The lowest BCUT2D eigenvalue weighted by atomic mass is 10.3. The molecule has 0 aliphatic heterocycles. The first kappa shape index (κ1) is 16.7. The summed E-state index contributed by atoms with van der Waals surface area (Å²) in [4.78, 5) is 11.4. The average Bonchev–Trinajstić information content (AvgIpc) is 2.37. The number of halogens is 1. The van der Waals surface area contributed by atoms with Crippen molar-refractivity contribution in [2.24, 2.45) is 0 Å². The Morgan fingerprint density at radius 2 is 2.00 bits per heavy atom. The highest BCUT2D eigenvalue weighted by molar-refractivity contribution is 5.85. The fourth-order valence-electron chi connectivity index (χ4n) is 1.24. The summed E-state index contributed by atoms with van der Waals surface area (Å²) in [5.74, 6) is 0.812. The van der Waals surface area contributed by atoms with Crippen molar-refractivity contribution in [3.8, 4) is 5.75 Å². The Balaban J connectivity index is 0.00000289. The lowest BCUT2D eigenvalue weighted by Crippen LogP contribution is -2.37. The van der Waals surface area contributed by atoms with Gasteiger partial charge in [-0.3, -0.25) is 4.79 Å². The highest BCUT2D eigenvalue weighted by atomic mass is 35.5.